The lowest BCUT2D eigenvalue weighted by molar-refractivity contribution is -0.114. The number of carbonyl (C=O) groups is 2. The van der Waals surface area contributed by atoms with Gasteiger partial charge in [-0.05, 0) is 0 Å². The van der Waals surface area contributed by atoms with E-state index < -0.39 is 16.3 Å². The van der Waals surface area contributed by atoms with Gasteiger partial charge in [0.25, 0.3) is 11.5 Å². The molecule has 8 heteroatoms. The smallest absolute Gasteiger partial charge is 0.259 e. The molecule has 1 heterocycles. The molecule has 0 aliphatic rings. The quantitative estimate of drug-likeness (QED) is 0.597. The summed E-state index contributed by atoms with van der Waals surface area (Å²) in [6.07, 6.45) is 0.379. The van der Waals surface area contributed by atoms with Gasteiger partial charge in [-0.3, -0.25) is 24.7 Å². The van der Waals surface area contributed by atoms with E-state index in [0.717, 1.165) is 6.07 Å². The molecule has 1 amide bonds. The third-order valence-corrected chi connectivity index (χ3v) is 1.72. The van der Waals surface area contributed by atoms with Crippen molar-refractivity contribution >= 4 is 41.3 Å². The molecule has 0 aliphatic carbocycles. The first-order chi connectivity index (χ1) is 7.02. The lowest BCUT2D eigenvalue weighted by Gasteiger charge is -2.03. The van der Waals surface area contributed by atoms with Crippen LogP contribution >= 0.6 is 23.2 Å². The lowest BCUT2D eigenvalue weighted by Crippen LogP contribution is -2.23. The summed E-state index contributed by atoms with van der Waals surface area (Å²) >= 11 is 10.5. The maximum Gasteiger partial charge on any atom is 0.259 e. The fourth-order valence-corrected chi connectivity index (χ4v) is 0.876. The Morgan fingerprint density at radius 1 is 1.60 bits per heavy atom. The SMILES string of the molecule is O=Cc1cc(=O)[nH]c(NC(=O)C(Cl)Cl)n1. The van der Waals surface area contributed by atoms with E-state index in [4.69, 9.17) is 23.2 Å². The minimum absolute atomic E-state index is 0.102. The van der Waals surface area contributed by atoms with Crippen LogP contribution < -0.4 is 10.9 Å². The Morgan fingerprint density at radius 2 is 2.27 bits per heavy atom. The summed E-state index contributed by atoms with van der Waals surface area (Å²) in [5.41, 5.74) is -0.669. The Hall–Kier alpha value is -1.40. The first-order valence-electron chi connectivity index (χ1n) is 3.68. The van der Waals surface area contributed by atoms with Crippen molar-refractivity contribution in [3.8, 4) is 0 Å². The largest absolute Gasteiger partial charge is 0.296 e. The van der Waals surface area contributed by atoms with E-state index in [0.29, 0.717) is 6.29 Å². The molecule has 2 N–H and O–H groups in total. The van der Waals surface area contributed by atoms with Crippen LogP contribution in [0.5, 0.6) is 0 Å². The summed E-state index contributed by atoms with van der Waals surface area (Å²) in [5, 5.41) is 2.13. The van der Waals surface area contributed by atoms with E-state index in [9.17, 15) is 14.4 Å². The highest BCUT2D eigenvalue weighted by molar-refractivity contribution is 6.54. The Kier molecular flexibility index (Phi) is 3.81. The van der Waals surface area contributed by atoms with Gasteiger partial charge in [0.1, 0.15) is 5.69 Å². The summed E-state index contributed by atoms with van der Waals surface area (Å²) in [7, 11) is 0. The summed E-state index contributed by atoms with van der Waals surface area (Å²) in [4.78, 5) is 36.8. The van der Waals surface area contributed by atoms with Gasteiger partial charge in [0.2, 0.25) is 5.95 Å². The van der Waals surface area contributed by atoms with E-state index >= 15 is 0 Å². The number of amides is 1. The van der Waals surface area contributed by atoms with Gasteiger partial charge in [0.15, 0.2) is 11.1 Å². The second-order valence-electron chi connectivity index (χ2n) is 2.43. The van der Waals surface area contributed by atoms with Crippen molar-refractivity contribution in [3.63, 3.8) is 0 Å². The monoisotopic (exact) mass is 249 g/mol. The minimum Gasteiger partial charge on any atom is -0.296 e. The minimum atomic E-state index is -1.28. The van der Waals surface area contributed by atoms with Crippen molar-refractivity contribution in [2.24, 2.45) is 0 Å². The molecular weight excluding hydrogens is 245 g/mol. The molecule has 0 saturated heterocycles. The molecule has 0 aromatic carbocycles. The summed E-state index contributed by atoms with van der Waals surface area (Å²) in [6.45, 7) is 0. The zero-order chi connectivity index (χ0) is 11.4. The van der Waals surface area contributed by atoms with Gasteiger partial charge < -0.3 is 0 Å². The number of hydrogen-bond donors (Lipinski definition) is 2. The van der Waals surface area contributed by atoms with Crippen LogP contribution in [0.2, 0.25) is 0 Å². The first-order valence-corrected chi connectivity index (χ1v) is 4.56. The Morgan fingerprint density at radius 3 is 2.80 bits per heavy atom. The molecule has 1 rings (SSSR count). The summed E-state index contributed by atoms with van der Waals surface area (Å²) < 4.78 is 0. The average Bonchev–Trinajstić information content (AvgIpc) is 2.16. The molecule has 80 valence electrons. The van der Waals surface area contributed by atoms with Crippen LogP contribution in [0, 0.1) is 0 Å². The zero-order valence-electron chi connectivity index (χ0n) is 7.16. The fraction of sp³-hybridized carbons (Fsp3) is 0.143. The third kappa shape index (κ3) is 3.34. The number of carbonyl (C=O) groups excluding carboxylic acids is 2. The fourth-order valence-electron chi connectivity index (χ4n) is 0.767. The Bertz CT molecular complexity index is 443. The molecular formula is C7H5Cl2N3O3. The summed E-state index contributed by atoms with van der Waals surface area (Å²) in [5.74, 6) is -0.926. The molecule has 1 aromatic heterocycles. The molecule has 0 unspecified atom stereocenters. The molecule has 0 saturated carbocycles. The second-order valence-corrected chi connectivity index (χ2v) is 3.52. The van der Waals surface area contributed by atoms with Gasteiger partial charge in [0, 0.05) is 6.07 Å². The number of halogens is 2. The van der Waals surface area contributed by atoms with Crippen LogP contribution in [-0.4, -0.2) is 27.0 Å². The predicted molar refractivity (Wildman–Crippen MR) is 54.4 cm³/mol. The van der Waals surface area contributed by atoms with Crippen LogP contribution in [0.4, 0.5) is 5.95 Å². The van der Waals surface area contributed by atoms with Crippen LogP contribution in [-0.2, 0) is 4.79 Å². The molecule has 15 heavy (non-hydrogen) atoms. The average molecular weight is 250 g/mol. The maximum absolute atomic E-state index is 11.0. The highest BCUT2D eigenvalue weighted by Gasteiger charge is 2.12. The van der Waals surface area contributed by atoms with Crippen molar-refractivity contribution in [1.82, 2.24) is 9.97 Å². The molecule has 0 aliphatic heterocycles. The van der Waals surface area contributed by atoms with E-state index in [1.54, 1.807) is 0 Å². The number of H-pyrrole nitrogens is 1. The molecule has 1 aromatic rings. The second kappa shape index (κ2) is 4.90. The Labute approximate surface area is 93.6 Å². The molecule has 0 bridgehead atoms. The standard InChI is InChI=1S/C7H5Cl2N3O3/c8-5(9)6(15)12-7-10-3(2-13)1-4(14)11-7/h1-2,5H,(H2,10,11,12,14,15). The highest BCUT2D eigenvalue weighted by atomic mass is 35.5. The number of nitrogens with one attached hydrogen (secondary N) is 2. The van der Waals surface area contributed by atoms with Crippen molar-refractivity contribution in [1.29, 1.82) is 0 Å². The number of nitrogens with zero attached hydrogens (tertiary/aromatic N) is 1. The number of aldehydes is 1. The number of aromatic amines is 1. The highest BCUT2D eigenvalue weighted by Crippen LogP contribution is 2.04. The van der Waals surface area contributed by atoms with Gasteiger partial charge in [-0.1, -0.05) is 23.2 Å². The molecule has 0 radical (unpaired) electrons. The third-order valence-electron chi connectivity index (χ3n) is 1.32. The predicted octanol–water partition coefficient (Wildman–Crippen LogP) is 0.325. The van der Waals surface area contributed by atoms with E-state index in [-0.39, 0.29) is 11.6 Å². The van der Waals surface area contributed by atoms with Gasteiger partial charge in [-0.2, -0.15) is 0 Å². The van der Waals surface area contributed by atoms with E-state index in [1.165, 1.54) is 0 Å². The number of alkyl halides is 2. The number of anilines is 1. The van der Waals surface area contributed by atoms with Crippen LogP contribution in [0.1, 0.15) is 10.5 Å². The molecule has 0 atom stereocenters. The Balaban J connectivity index is 2.95. The number of hydrogen-bond acceptors (Lipinski definition) is 4. The van der Waals surface area contributed by atoms with E-state index in [1.807, 2.05) is 0 Å². The molecule has 0 spiro atoms. The van der Waals surface area contributed by atoms with Crippen molar-refractivity contribution in [2.45, 2.75) is 4.84 Å². The van der Waals surface area contributed by atoms with E-state index in [2.05, 4.69) is 15.3 Å². The van der Waals surface area contributed by atoms with Gasteiger partial charge >= 0.3 is 0 Å². The van der Waals surface area contributed by atoms with Crippen LogP contribution in [0.3, 0.4) is 0 Å². The number of rotatable bonds is 3. The first kappa shape index (κ1) is 11.7. The summed E-state index contributed by atoms with van der Waals surface area (Å²) in [6, 6.07) is 0.988. The van der Waals surface area contributed by atoms with Crippen LogP contribution in [0.25, 0.3) is 0 Å². The van der Waals surface area contributed by atoms with Gasteiger partial charge in [0.05, 0.1) is 0 Å². The van der Waals surface area contributed by atoms with Gasteiger partial charge in [-0.15, -0.1) is 0 Å². The van der Waals surface area contributed by atoms with Crippen LogP contribution in [0.15, 0.2) is 10.9 Å². The van der Waals surface area contributed by atoms with Gasteiger partial charge in [-0.25, -0.2) is 4.98 Å². The number of aromatic nitrogens is 2. The maximum atomic E-state index is 11.0. The van der Waals surface area contributed by atoms with Crippen molar-refractivity contribution < 1.29 is 9.59 Å². The van der Waals surface area contributed by atoms with Crippen molar-refractivity contribution in [3.05, 3.63) is 22.1 Å². The zero-order valence-corrected chi connectivity index (χ0v) is 8.67. The van der Waals surface area contributed by atoms with Crippen molar-refractivity contribution in [2.75, 3.05) is 5.32 Å². The topological polar surface area (TPSA) is 91.9 Å². The lowest BCUT2D eigenvalue weighted by atomic mass is 10.4. The molecule has 0 fully saturated rings. The normalized spacial score (nSPS) is 10.1. The molecule has 6 nitrogen and oxygen atoms in total.